The number of carboxylic acid groups (broad SMARTS) is 1. The molecule has 1 aliphatic carbocycles. The van der Waals surface area contributed by atoms with Crippen LogP contribution in [0.3, 0.4) is 0 Å². The summed E-state index contributed by atoms with van der Waals surface area (Å²) in [6.07, 6.45) is 8.78. The van der Waals surface area contributed by atoms with Gasteiger partial charge in [0.1, 0.15) is 23.5 Å². The molecular weight excluding hydrogens is 567 g/mol. The van der Waals surface area contributed by atoms with Crippen molar-refractivity contribution >= 4 is 23.9 Å². The van der Waals surface area contributed by atoms with Crippen molar-refractivity contribution in [1.82, 2.24) is 20.1 Å². The molecule has 0 spiro atoms. The molecule has 3 amide bonds. The van der Waals surface area contributed by atoms with Gasteiger partial charge in [-0.1, -0.05) is 25.3 Å². The minimum absolute atomic E-state index is 0.0291. The summed E-state index contributed by atoms with van der Waals surface area (Å²) >= 11 is 0. The molecule has 1 saturated carbocycles. The largest absolute Gasteiger partial charge is 0.478 e. The SMILES string of the molecule is C[C@@H](C(=O)N[C@H](C(=O)N1CCC[C@H]1c1cncc(-c2ccc(F)c(C(=O)O)c2)c1)C1CCCCC1)N(C)C(=O)OC(C)(C)C. The summed E-state index contributed by atoms with van der Waals surface area (Å²) in [5, 5.41) is 12.4. The molecule has 238 valence electrons. The van der Waals surface area contributed by atoms with Crippen molar-refractivity contribution in [2.75, 3.05) is 13.6 Å². The van der Waals surface area contributed by atoms with Gasteiger partial charge in [-0.3, -0.25) is 19.5 Å². The highest BCUT2D eigenvalue weighted by Gasteiger charge is 2.40. The Bertz CT molecular complexity index is 1390. The Kier molecular flexibility index (Phi) is 10.3. The zero-order chi connectivity index (χ0) is 32.2. The minimum Gasteiger partial charge on any atom is -0.478 e. The van der Waals surface area contributed by atoms with Gasteiger partial charge < -0.3 is 20.1 Å². The van der Waals surface area contributed by atoms with E-state index in [0.717, 1.165) is 50.2 Å². The number of aromatic carboxylic acids is 1. The summed E-state index contributed by atoms with van der Waals surface area (Å²) in [5.74, 6) is -2.80. The molecule has 4 rings (SSSR count). The predicted molar refractivity (Wildman–Crippen MR) is 162 cm³/mol. The van der Waals surface area contributed by atoms with Crippen LogP contribution in [0.2, 0.25) is 0 Å². The molecule has 44 heavy (non-hydrogen) atoms. The van der Waals surface area contributed by atoms with Gasteiger partial charge in [-0.15, -0.1) is 0 Å². The van der Waals surface area contributed by atoms with E-state index in [1.54, 1.807) is 45.0 Å². The maximum absolute atomic E-state index is 14.3. The zero-order valence-electron chi connectivity index (χ0n) is 26.1. The van der Waals surface area contributed by atoms with E-state index in [-0.39, 0.29) is 17.9 Å². The van der Waals surface area contributed by atoms with Crippen molar-refractivity contribution in [3.8, 4) is 11.1 Å². The van der Waals surface area contributed by atoms with Crippen LogP contribution in [-0.4, -0.2) is 75.0 Å². The Morgan fingerprint density at radius 3 is 2.41 bits per heavy atom. The van der Waals surface area contributed by atoms with Crippen molar-refractivity contribution < 1.29 is 33.4 Å². The number of hydrogen-bond donors (Lipinski definition) is 2. The molecule has 3 atom stereocenters. The number of rotatable bonds is 8. The monoisotopic (exact) mass is 610 g/mol. The highest BCUT2D eigenvalue weighted by molar-refractivity contribution is 5.92. The number of nitrogens with one attached hydrogen (secondary N) is 1. The Morgan fingerprint density at radius 2 is 1.75 bits per heavy atom. The predicted octanol–water partition coefficient (Wildman–Crippen LogP) is 5.57. The van der Waals surface area contributed by atoms with Crippen molar-refractivity contribution in [2.24, 2.45) is 5.92 Å². The molecule has 2 aromatic rings. The van der Waals surface area contributed by atoms with E-state index < -0.39 is 47.0 Å². The molecule has 1 aromatic carbocycles. The van der Waals surface area contributed by atoms with E-state index in [0.29, 0.717) is 24.1 Å². The number of pyridine rings is 1. The van der Waals surface area contributed by atoms with E-state index in [1.807, 2.05) is 6.07 Å². The summed E-state index contributed by atoms with van der Waals surface area (Å²) in [4.78, 5) is 59.3. The van der Waals surface area contributed by atoms with Gasteiger partial charge in [-0.25, -0.2) is 14.0 Å². The third-order valence-corrected chi connectivity index (χ3v) is 8.54. The van der Waals surface area contributed by atoms with Gasteiger partial charge in [-0.05, 0) is 88.6 Å². The standard InChI is InChI=1S/C33H43FN4O6/c1-20(37(5)32(43)44-33(2,3)4)29(39)36-28(21-10-7-6-8-11-21)30(40)38-15-9-12-27(38)24-16-23(18-35-19-24)22-13-14-26(34)25(17-22)31(41)42/h13-14,16-21,27-28H,6-12,15H2,1-5H3,(H,36,39)(H,41,42)/t20-,27-,28-/m0/s1. The Morgan fingerprint density at radius 1 is 1.05 bits per heavy atom. The number of carbonyl (C=O) groups excluding carboxylic acids is 3. The summed E-state index contributed by atoms with van der Waals surface area (Å²) in [7, 11) is 1.51. The van der Waals surface area contributed by atoms with E-state index in [2.05, 4.69) is 10.3 Å². The van der Waals surface area contributed by atoms with Crippen molar-refractivity contribution in [3.63, 3.8) is 0 Å². The lowest BCUT2D eigenvalue weighted by Gasteiger charge is -2.36. The molecule has 0 unspecified atom stereocenters. The lowest BCUT2D eigenvalue weighted by Crippen LogP contribution is -2.56. The first-order valence-corrected chi connectivity index (χ1v) is 15.3. The molecule has 11 heteroatoms. The average molecular weight is 611 g/mol. The van der Waals surface area contributed by atoms with Gasteiger partial charge >= 0.3 is 12.1 Å². The molecule has 1 aliphatic heterocycles. The third kappa shape index (κ3) is 7.73. The van der Waals surface area contributed by atoms with Gasteiger partial charge in [0.05, 0.1) is 11.6 Å². The fraction of sp³-hybridized carbons (Fsp3) is 0.545. The van der Waals surface area contributed by atoms with Crippen LogP contribution in [0.15, 0.2) is 36.7 Å². The van der Waals surface area contributed by atoms with Gasteiger partial charge in [0.15, 0.2) is 0 Å². The highest BCUT2D eigenvalue weighted by atomic mass is 19.1. The lowest BCUT2D eigenvalue weighted by molar-refractivity contribution is -0.140. The van der Waals surface area contributed by atoms with Crippen LogP contribution in [0.1, 0.15) is 94.6 Å². The number of halogens is 1. The van der Waals surface area contributed by atoms with Crippen LogP contribution in [0.25, 0.3) is 11.1 Å². The lowest BCUT2D eigenvalue weighted by atomic mass is 9.83. The van der Waals surface area contributed by atoms with Crippen molar-refractivity contribution in [1.29, 1.82) is 0 Å². The van der Waals surface area contributed by atoms with Crippen molar-refractivity contribution in [2.45, 2.75) is 96.4 Å². The fourth-order valence-corrected chi connectivity index (χ4v) is 6.01. The maximum Gasteiger partial charge on any atom is 0.410 e. The number of amides is 3. The Labute approximate surface area is 258 Å². The quantitative estimate of drug-likeness (QED) is 0.400. The van der Waals surface area contributed by atoms with Gasteiger partial charge in [-0.2, -0.15) is 0 Å². The minimum atomic E-state index is -1.36. The average Bonchev–Trinajstić information content (AvgIpc) is 3.48. The van der Waals surface area contributed by atoms with Gasteiger partial charge in [0, 0.05) is 31.5 Å². The van der Waals surface area contributed by atoms with Gasteiger partial charge in [0.25, 0.3) is 0 Å². The first-order valence-electron chi connectivity index (χ1n) is 15.3. The van der Waals surface area contributed by atoms with Gasteiger partial charge in [0.2, 0.25) is 11.8 Å². The second-order valence-electron chi connectivity index (χ2n) is 12.8. The number of benzene rings is 1. The second-order valence-corrected chi connectivity index (χ2v) is 12.8. The number of likely N-dealkylation sites (N-methyl/N-ethyl adjacent to an activating group) is 1. The summed E-state index contributed by atoms with van der Waals surface area (Å²) in [6.45, 7) is 7.40. The smallest absolute Gasteiger partial charge is 0.410 e. The zero-order valence-corrected chi connectivity index (χ0v) is 26.1. The summed E-state index contributed by atoms with van der Waals surface area (Å²) in [6, 6.07) is 3.86. The third-order valence-electron chi connectivity index (χ3n) is 8.54. The second kappa shape index (κ2) is 13.7. The molecule has 10 nitrogen and oxygen atoms in total. The first kappa shape index (κ1) is 32.9. The van der Waals surface area contributed by atoms with E-state index in [9.17, 15) is 28.7 Å². The molecule has 2 heterocycles. The molecule has 0 bridgehead atoms. The first-order chi connectivity index (χ1) is 20.8. The number of ether oxygens (including phenoxy) is 1. The van der Waals surface area contributed by atoms with Crippen LogP contribution in [0.5, 0.6) is 0 Å². The van der Waals surface area contributed by atoms with E-state index in [1.165, 1.54) is 24.1 Å². The number of likely N-dealkylation sites (tertiary alicyclic amines) is 1. The summed E-state index contributed by atoms with van der Waals surface area (Å²) in [5.41, 5.74) is 0.753. The fourth-order valence-electron chi connectivity index (χ4n) is 6.01. The molecule has 2 aliphatic rings. The maximum atomic E-state index is 14.3. The number of carbonyl (C=O) groups is 4. The normalized spacial score (nSPS) is 18.8. The highest BCUT2D eigenvalue weighted by Crippen LogP contribution is 2.36. The van der Waals surface area contributed by atoms with Crippen LogP contribution < -0.4 is 5.32 Å². The summed E-state index contributed by atoms with van der Waals surface area (Å²) < 4.78 is 19.5. The molecule has 2 N–H and O–H groups in total. The van der Waals surface area contributed by atoms with E-state index >= 15 is 0 Å². The number of hydrogen-bond acceptors (Lipinski definition) is 6. The Hall–Kier alpha value is -4.02. The van der Waals surface area contributed by atoms with Crippen molar-refractivity contribution in [3.05, 3.63) is 53.6 Å². The molecule has 1 aromatic heterocycles. The molecule has 2 fully saturated rings. The number of carboxylic acids is 1. The molecular formula is C33H43FN4O6. The molecule has 0 radical (unpaired) electrons. The van der Waals surface area contributed by atoms with E-state index in [4.69, 9.17) is 4.74 Å². The van der Waals surface area contributed by atoms with Crippen LogP contribution in [0.4, 0.5) is 9.18 Å². The Balaban J connectivity index is 1.57. The van der Waals surface area contributed by atoms with Crippen LogP contribution >= 0.6 is 0 Å². The number of aromatic nitrogens is 1. The topological polar surface area (TPSA) is 129 Å². The van der Waals surface area contributed by atoms with Crippen LogP contribution in [-0.2, 0) is 14.3 Å². The number of nitrogens with zero attached hydrogens (tertiary/aromatic N) is 3. The van der Waals surface area contributed by atoms with Crippen LogP contribution in [0, 0.1) is 11.7 Å². The molecule has 1 saturated heterocycles.